The van der Waals surface area contributed by atoms with Gasteiger partial charge in [-0.25, -0.2) is 5.90 Å². The Balaban J connectivity index is 0. The minimum atomic E-state index is -0.250. The highest BCUT2D eigenvalue weighted by atomic mass is 16.6. The van der Waals surface area contributed by atoms with E-state index in [0.29, 0.717) is 6.61 Å². The SMILES string of the molecule is CCCON.O=CO. The standard InChI is InChI=1S/C3H9NO.CH2O2/c1-2-3-5-4;2-1-3/h2-4H2,1H3;1H,(H,2,3). The van der Waals surface area contributed by atoms with Crippen LogP contribution in [0, 0.1) is 0 Å². The molecule has 0 bridgehead atoms. The number of hydrogen-bond donors (Lipinski definition) is 2. The van der Waals surface area contributed by atoms with Crippen LogP contribution in [0.3, 0.4) is 0 Å². The van der Waals surface area contributed by atoms with Crippen molar-refractivity contribution in [1.29, 1.82) is 0 Å². The molecule has 0 fully saturated rings. The first-order valence-electron chi connectivity index (χ1n) is 2.23. The molecule has 0 saturated heterocycles. The number of rotatable bonds is 2. The molecule has 0 rings (SSSR count). The van der Waals surface area contributed by atoms with Crippen LogP contribution in [0.25, 0.3) is 0 Å². The summed E-state index contributed by atoms with van der Waals surface area (Å²) >= 11 is 0. The largest absolute Gasteiger partial charge is 0.483 e. The molecule has 4 heteroatoms. The van der Waals surface area contributed by atoms with Crippen molar-refractivity contribution in [3.63, 3.8) is 0 Å². The molecule has 0 aromatic heterocycles. The Morgan fingerprint density at radius 2 is 2.25 bits per heavy atom. The van der Waals surface area contributed by atoms with Gasteiger partial charge in [-0.1, -0.05) is 6.92 Å². The van der Waals surface area contributed by atoms with Crippen LogP contribution in [-0.4, -0.2) is 18.2 Å². The molecule has 50 valence electrons. The first kappa shape index (κ1) is 10.4. The van der Waals surface area contributed by atoms with Gasteiger partial charge in [-0.05, 0) is 6.42 Å². The zero-order valence-electron chi connectivity index (χ0n) is 4.83. The molecule has 0 spiro atoms. The van der Waals surface area contributed by atoms with Crippen LogP contribution >= 0.6 is 0 Å². The first-order valence-corrected chi connectivity index (χ1v) is 2.23. The average Bonchev–Trinajstić information content (AvgIpc) is 1.71. The molecule has 0 amide bonds. The predicted octanol–water partition coefficient (Wildman–Crippen LogP) is -0.0125. The maximum Gasteiger partial charge on any atom is 0.290 e. The lowest BCUT2D eigenvalue weighted by Crippen LogP contribution is -1.97. The fourth-order valence-electron chi connectivity index (χ4n) is 0.118. The van der Waals surface area contributed by atoms with Crippen LogP contribution in [0.4, 0.5) is 0 Å². The number of nitrogens with two attached hydrogens (primary N) is 1. The topological polar surface area (TPSA) is 72.5 Å². The van der Waals surface area contributed by atoms with Gasteiger partial charge in [0, 0.05) is 0 Å². The highest BCUT2D eigenvalue weighted by molar-refractivity contribution is 5.32. The zero-order chi connectivity index (χ0) is 6.83. The molecule has 8 heavy (non-hydrogen) atoms. The summed E-state index contributed by atoms with van der Waals surface area (Å²) in [5.41, 5.74) is 0. The fourth-order valence-corrected chi connectivity index (χ4v) is 0.118. The van der Waals surface area contributed by atoms with Gasteiger partial charge in [-0.3, -0.25) is 4.79 Å². The Bertz CT molecular complexity index is 38.3. The van der Waals surface area contributed by atoms with E-state index in [1.165, 1.54) is 0 Å². The molecule has 0 heterocycles. The summed E-state index contributed by atoms with van der Waals surface area (Å²) in [6.45, 7) is 2.42. The molecule has 4 nitrogen and oxygen atoms in total. The maximum absolute atomic E-state index is 8.36. The van der Waals surface area contributed by atoms with Gasteiger partial charge >= 0.3 is 0 Å². The van der Waals surface area contributed by atoms with Crippen molar-refractivity contribution in [3.8, 4) is 0 Å². The van der Waals surface area contributed by atoms with E-state index in [9.17, 15) is 0 Å². The second-order valence-corrected chi connectivity index (χ2v) is 0.976. The summed E-state index contributed by atoms with van der Waals surface area (Å²) in [7, 11) is 0. The zero-order valence-corrected chi connectivity index (χ0v) is 4.83. The molecule has 0 atom stereocenters. The highest BCUT2D eigenvalue weighted by Crippen LogP contribution is 1.67. The second-order valence-electron chi connectivity index (χ2n) is 0.976. The van der Waals surface area contributed by atoms with E-state index in [2.05, 4.69) is 10.7 Å². The van der Waals surface area contributed by atoms with Gasteiger partial charge in [0.25, 0.3) is 6.47 Å². The summed E-state index contributed by atoms with van der Waals surface area (Å²) in [6, 6.07) is 0. The summed E-state index contributed by atoms with van der Waals surface area (Å²) < 4.78 is 0. The van der Waals surface area contributed by atoms with E-state index >= 15 is 0 Å². The minimum Gasteiger partial charge on any atom is -0.483 e. The monoisotopic (exact) mass is 121 g/mol. The molecule has 0 radical (unpaired) electrons. The van der Waals surface area contributed by atoms with Crippen molar-refractivity contribution < 1.29 is 14.7 Å². The predicted molar refractivity (Wildman–Crippen MR) is 29.1 cm³/mol. The molecule has 0 aliphatic carbocycles. The minimum absolute atomic E-state index is 0.250. The Morgan fingerprint density at radius 3 is 2.25 bits per heavy atom. The maximum atomic E-state index is 8.36. The van der Waals surface area contributed by atoms with Crippen molar-refractivity contribution >= 4 is 6.47 Å². The van der Waals surface area contributed by atoms with Gasteiger partial charge in [0.1, 0.15) is 0 Å². The van der Waals surface area contributed by atoms with Gasteiger partial charge in [0.2, 0.25) is 0 Å². The van der Waals surface area contributed by atoms with Gasteiger partial charge < -0.3 is 9.94 Å². The van der Waals surface area contributed by atoms with Crippen LogP contribution < -0.4 is 5.90 Å². The molecular formula is C4H11NO3. The lowest BCUT2D eigenvalue weighted by atomic mass is 10.5. The molecule has 3 N–H and O–H groups in total. The number of carbonyl (C=O) groups is 1. The molecule has 0 saturated carbocycles. The van der Waals surface area contributed by atoms with Crippen molar-refractivity contribution in [2.24, 2.45) is 5.90 Å². The number of carboxylic acid groups (broad SMARTS) is 1. The van der Waals surface area contributed by atoms with E-state index in [1.54, 1.807) is 0 Å². The van der Waals surface area contributed by atoms with Crippen LogP contribution in [0.1, 0.15) is 13.3 Å². The molecule has 0 aromatic rings. The third-order valence-electron chi connectivity index (χ3n) is 0.322. The molecule has 0 aliphatic heterocycles. The van der Waals surface area contributed by atoms with Gasteiger partial charge in [-0.15, -0.1) is 0 Å². The van der Waals surface area contributed by atoms with E-state index < -0.39 is 0 Å². The van der Waals surface area contributed by atoms with Crippen LogP contribution in [-0.2, 0) is 9.63 Å². The Kier molecular flexibility index (Phi) is 21.0. The van der Waals surface area contributed by atoms with Gasteiger partial charge in [0.15, 0.2) is 0 Å². The van der Waals surface area contributed by atoms with Gasteiger partial charge in [-0.2, -0.15) is 0 Å². The Morgan fingerprint density at radius 1 is 1.88 bits per heavy atom. The molecule has 0 aromatic carbocycles. The fraction of sp³-hybridized carbons (Fsp3) is 0.750. The smallest absolute Gasteiger partial charge is 0.290 e. The molecule has 0 unspecified atom stereocenters. The highest BCUT2D eigenvalue weighted by Gasteiger charge is 1.66. The summed E-state index contributed by atoms with van der Waals surface area (Å²) in [4.78, 5) is 12.6. The van der Waals surface area contributed by atoms with Crippen LogP contribution in [0.5, 0.6) is 0 Å². The van der Waals surface area contributed by atoms with Crippen LogP contribution in [0.15, 0.2) is 0 Å². The van der Waals surface area contributed by atoms with Crippen molar-refractivity contribution in [1.82, 2.24) is 0 Å². The first-order chi connectivity index (χ1) is 3.83. The van der Waals surface area contributed by atoms with E-state index in [-0.39, 0.29) is 6.47 Å². The third-order valence-corrected chi connectivity index (χ3v) is 0.322. The molecule has 0 aliphatic rings. The van der Waals surface area contributed by atoms with Crippen molar-refractivity contribution in [2.75, 3.05) is 6.61 Å². The van der Waals surface area contributed by atoms with E-state index in [4.69, 9.17) is 9.90 Å². The third kappa shape index (κ3) is 53.8. The number of hydrogen-bond acceptors (Lipinski definition) is 3. The van der Waals surface area contributed by atoms with Crippen LogP contribution in [0.2, 0.25) is 0 Å². The summed E-state index contributed by atoms with van der Waals surface area (Å²) in [5.74, 6) is 4.64. The Hall–Kier alpha value is -0.610. The van der Waals surface area contributed by atoms with Crippen molar-refractivity contribution in [3.05, 3.63) is 0 Å². The van der Waals surface area contributed by atoms with Gasteiger partial charge in [0.05, 0.1) is 6.61 Å². The molecular weight excluding hydrogens is 110 g/mol. The van der Waals surface area contributed by atoms with E-state index in [0.717, 1.165) is 6.42 Å². The lowest BCUT2D eigenvalue weighted by Gasteiger charge is -1.83. The summed E-state index contributed by atoms with van der Waals surface area (Å²) in [5, 5.41) is 6.89. The Labute approximate surface area is 48.2 Å². The van der Waals surface area contributed by atoms with E-state index in [1.807, 2.05) is 6.92 Å². The summed E-state index contributed by atoms with van der Waals surface area (Å²) in [6.07, 6.45) is 0.997. The second kappa shape index (κ2) is 16.2. The average molecular weight is 121 g/mol. The normalized spacial score (nSPS) is 6.75. The van der Waals surface area contributed by atoms with Crippen molar-refractivity contribution in [2.45, 2.75) is 13.3 Å². The quantitative estimate of drug-likeness (QED) is 0.398. The lowest BCUT2D eigenvalue weighted by molar-refractivity contribution is -0.122.